The van der Waals surface area contributed by atoms with Crippen LogP contribution in [-0.2, 0) is 9.84 Å². The number of halogens is 2. The zero-order valence-electron chi connectivity index (χ0n) is 7.70. The van der Waals surface area contributed by atoms with E-state index in [-0.39, 0.29) is 0 Å². The van der Waals surface area contributed by atoms with E-state index < -0.39 is 20.5 Å². The van der Waals surface area contributed by atoms with Gasteiger partial charge in [0.15, 0.2) is 9.84 Å². The third-order valence-corrected chi connectivity index (χ3v) is 6.17. The molecule has 0 aliphatic carbocycles. The van der Waals surface area contributed by atoms with Crippen LogP contribution in [0.1, 0.15) is 17.2 Å². The first-order chi connectivity index (χ1) is 6.32. The molecule has 2 atom stereocenters. The molecule has 0 aromatic carbocycles. The molecule has 6 heteroatoms. The fourth-order valence-electron chi connectivity index (χ4n) is 0.925. The van der Waals surface area contributed by atoms with Gasteiger partial charge in [-0.2, -0.15) is 0 Å². The van der Waals surface area contributed by atoms with Gasteiger partial charge in [0.05, 0.1) is 14.4 Å². The molecule has 0 fully saturated rings. The van der Waals surface area contributed by atoms with E-state index >= 15 is 0 Å². The first-order valence-corrected chi connectivity index (χ1v) is 7.90. The molecule has 1 rings (SSSR count). The molecule has 1 heterocycles. The molecule has 2 unspecified atom stereocenters. The maximum atomic E-state index is 11.3. The lowest BCUT2D eigenvalue weighted by Crippen LogP contribution is -2.20. The molecular weight excluding hydrogens is 308 g/mol. The number of rotatable bonds is 3. The van der Waals surface area contributed by atoms with Gasteiger partial charge in [-0.1, -0.05) is 0 Å². The summed E-state index contributed by atoms with van der Waals surface area (Å²) in [5.41, 5.74) is 0. The average Bonchev–Trinajstić information content (AvgIpc) is 2.47. The number of hydrogen-bond donors (Lipinski definition) is 0. The molecule has 0 aliphatic heterocycles. The van der Waals surface area contributed by atoms with E-state index in [0.717, 1.165) is 8.66 Å². The Labute approximate surface area is 101 Å². The van der Waals surface area contributed by atoms with E-state index in [4.69, 9.17) is 11.6 Å². The number of alkyl halides is 1. The van der Waals surface area contributed by atoms with Crippen LogP contribution in [0.4, 0.5) is 0 Å². The van der Waals surface area contributed by atoms with E-state index in [0.29, 0.717) is 0 Å². The van der Waals surface area contributed by atoms with Gasteiger partial charge in [-0.05, 0) is 35.0 Å². The lowest BCUT2D eigenvalue weighted by Gasteiger charge is -2.14. The molecular formula is C8H10BrClO2S2. The second kappa shape index (κ2) is 4.51. The van der Waals surface area contributed by atoms with Crippen molar-refractivity contribution in [2.75, 3.05) is 6.26 Å². The van der Waals surface area contributed by atoms with Gasteiger partial charge in [0, 0.05) is 11.1 Å². The lowest BCUT2D eigenvalue weighted by molar-refractivity contribution is 0.587. The summed E-state index contributed by atoms with van der Waals surface area (Å²) in [7, 11) is -3.08. The third-order valence-electron chi connectivity index (χ3n) is 1.95. The average molecular weight is 318 g/mol. The molecule has 1 aromatic heterocycles. The minimum absolute atomic E-state index is 0.471. The van der Waals surface area contributed by atoms with Crippen molar-refractivity contribution in [3.05, 3.63) is 20.8 Å². The highest BCUT2D eigenvalue weighted by Gasteiger charge is 2.26. The predicted molar refractivity (Wildman–Crippen MR) is 64.9 cm³/mol. The van der Waals surface area contributed by atoms with E-state index in [1.54, 1.807) is 6.92 Å². The Morgan fingerprint density at radius 1 is 1.50 bits per heavy atom. The van der Waals surface area contributed by atoms with Gasteiger partial charge in [0.2, 0.25) is 0 Å². The van der Waals surface area contributed by atoms with Crippen molar-refractivity contribution in [3.63, 3.8) is 0 Å². The highest BCUT2D eigenvalue weighted by Crippen LogP contribution is 2.35. The van der Waals surface area contributed by atoms with Crippen LogP contribution in [0.3, 0.4) is 0 Å². The van der Waals surface area contributed by atoms with Gasteiger partial charge in [-0.25, -0.2) is 8.42 Å². The normalized spacial score (nSPS) is 16.6. The molecule has 0 bridgehead atoms. The molecule has 1 aromatic rings. The van der Waals surface area contributed by atoms with Crippen LogP contribution in [0.15, 0.2) is 15.9 Å². The Kier molecular flexibility index (Phi) is 4.03. The Bertz CT molecular complexity index is 413. The van der Waals surface area contributed by atoms with Crippen LogP contribution >= 0.6 is 38.9 Å². The molecule has 80 valence electrons. The summed E-state index contributed by atoms with van der Waals surface area (Å²) in [5, 5.41) is -1.03. The van der Waals surface area contributed by atoms with Crippen molar-refractivity contribution < 1.29 is 8.42 Å². The van der Waals surface area contributed by atoms with Crippen molar-refractivity contribution in [1.82, 2.24) is 0 Å². The number of thiophene rings is 1. The van der Waals surface area contributed by atoms with Crippen molar-refractivity contribution in [2.45, 2.75) is 17.6 Å². The molecule has 0 spiro atoms. The van der Waals surface area contributed by atoms with Crippen LogP contribution in [0.25, 0.3) is 0 Å². The minimum Gasteiger partial charge on any atom is -0.229 e. The Balaban J connectivity index is 2.91. The van der Waals surface area contributed by atoms with Gasteiger partial charge >= 0.3 is 0 Å². The number of hydrogen-bond acceptors (Lipinski definition) is 3. The Hall–Kier alpha value is 0.420. The zero-order chi connectivity index (χ0) is 10.9. The van der Waals surface area contributed by atoms with Crippen molar-refractivity contribution in [1.29, 1.82) is 0 Å². The highest BCUT2D eigenvalue weighted by molar-refractivity contribution is 9.11. The predicted octanol–water partition coefficient (Wildman–Crippen LogP) is 3.22. The summed E-state index contributed by atoms with van der Waals surface area (Å²) in [5.74, 6) is 0. The quantitative estimate of drug-likeness (QED) is 0.802. The first kappa shape index (κ1) is 12.5. The van der Waals surface area contributed by atoms with Crippen LogP contribution in [0.2, 0.25) is 0 Å². The Morgan fingerprint density at radius 3 is 2.43 bits per heavy atom. The fraction of sp³-hybridized carbons (Fsp3) is 0.500. The van der Waals surface area contributed by atoms with Gasteiger partial charge < -0.3 is 0 Å². The van der Waals surface area contributed by atoms with Crippen molar-refractivity contribution >= 4 is 48.7 Å². The number of sulfone groups is 1. The largest absolute Gasteiger partial charge is 0.229 e. The van der Waals surface area contributed by atoms with Crippen LogP contribution in [0, 0.1) is 0 Å². The van der Waals surface area contributed by atoms with E-state index in [2.05, 4.69) is 15.9 Å². The lowest BCUT2D eigenvalue weighted by atomic mass is 10.3. The maximum Gasteiger partial charge on any atom is 0.151 e. The van der Waals surface area contributed by atoms with Gasteiger partial charge in [-0.15, -0.1) is 22.9 Å². The van der Waals surface area contributed by atoms with Crippen LogP contribution < -0.4 is 0 Å². The molecule has 2 nitrogen and oxygen atoms in total. The fourth-order valence-corrected chi connectivity index (χ4v) is 3.87. The third kappa shape index (κ3) is 2.95. The summed E-state index contributed by atoms with van der Waals surface area (Å²) in [6.45, 7) is 1.63. The first-order valence-electron chi connectivity index (χ1n) is 3.90. The maximum absolute atomic E-state index is 11.3. The summed E-state index contributed by atoms with van der Waals surface area (Å²) in [4.78, 5) is 0.872. The summed E-state index contributed by atoms with van der Waals surface area (Å²) in [6.07, 6.45) is 1.20. The molecule has 0 N–H and O–H groups in total. The highest BCUT2D eigenvalue weighted by atomic mass is 79.9. The van der Waals surface area contributed by atoms with Crippen LogP contribution in [-0.4, -0.2) is 19.9 Å². The summed E-state index contributed by atoms with van der Waals surface area (Å²) >= 11 is 10.8. The van der Waals surface area contributed by atoms with Crippen molar-refractivity contribution in [2.24, 2.45) is 0 Å². The second-order valence-corrected chi connectivity index (χ2v) is 8.45. The van der Waals surface area contributed by atoms with Crippen molar-refractivity contribution in [3.8, 4) is 0 Å². The zero-order valence-corrected chi connectivity index (χ0v) is 11.7. The van der Waals surface area contributed by atoms with E-state index in [9.17, 15) is 8.42 Å². The SMILES string of the molecule is CC(C(Cl)c1ccc(Br)s1)S(C)(=O)=O. The molecule has 0 saturated heterocycles. The standard InChI is InChI=1S/C8H10BrClO2S2/c1-5(14(2,11)12)8(10)6-3-4-7(9)13-6/h3-5,8H,1-2H3. The minimum atomic E-state index is -3.08. The topological polar surface area (TPSA) is 34.1 Å². The molecule has 14 heavy (non-hydrogen) atoms. The van der Waals surface area contributed by atoms with Crippen LogP contribution in [0.5, 0.6) is 0 Å². The van der Waals surface area contributed by atoms with E-state index in [1.807, 2.05) is 12.1 Å². The van der Waals surface area contributed by atoms with E-state index in [1.165, 1.54) is 17.6 Å². The Morgan fingerprint density at radius 2 is 2.07 bits per heavy atom. The monoisotopic (exact) mass is 316 g/mol. The summed E-state index contributed by atoms with van der Waals surface area (Å²) < 4.78 is 23.5. The van der Waals surface area contributed by atoms with Gasteiger partial charge in [-0.3, -0.25) is 0 Å². The smallest absolute Gasteiger partial charge is 0.151 e. The molecule has 0 radical (unpaired) electrons. The molecule has 0 aliphatic rings. The van der Waals surface area contributed by atoms with Gasteiger partial charge in [0.25, 0.3) is 0 Å². The second-order valence-electron chi connectivity index (χ2n) is 3.08. The van der Waals surface area contributed by atoms with Gasteiger partial charge in [0.1, 0.15) is 0 Å². The molecule has 0 amide bonds. The summed E-state index contributed by atoms with van der Waals surface area (Å²) in [6, 6.07) is 3.71. The molecule has 0 saturated carbocycles.